The zero-order valence-corrected chi connectivity index (χ0v) is 11.8. The third-order valence-electron chi connectivity index (χ3n) is 2.23. The average Bonchev–Trinajstić information content (AvgIpc) is 2.27. The number of para-hydroxylation sites is 1. The lowest BCUT2D eigenvalue weighted by Crippen LogP contribution is -2.30. The Kier molecular flexibility index (Phi) is 4.84. The maximum absolute atomic E-state index is 12.1. The Morgan fingerprint density at radius 2 is 2.00 bits per heavy atom. The molecule has 0 aliphatic carbocycles. The van der Waals surface area contributed by atoms with Crippen molar-refractivity contribution in [1.82, 2.24) is 4.72 Å². The minimum Gasteiger partial charge on any atom is -0.380 e. The zero-order chi connectivity index (χ0) is 14.6. The molecule has 0 radical (unpaired) electrons. The number of nitro benzene ring substituents is 1. The molecule has 7 nitrogen and oxygen atoms in total. The van der Waals surface area contributed by atoms with Crippen LogP contribution in [0.15, 0.2) is 23.1 Å². The van der Waals surface area contributed by atoms with Gasteiger partial charge in [-0.2, -0.15) is 0 Å². The standard InChI is InChI=1S/C11H17N3O4S/c1-4-12-9-6-5-7-10(11(9)14(15)16)19(17,18)13-8(2)3/h5-8,12-13H,4H2,1-3H3. The van der Waals surface area contributed by atoms with Crippen molar-refractivity contribution in [3.05, 3.63) is 28.3 Å². The van der Waals surface area contributed by atoms with Crippen LogP contribution in [0.25, 0.3) is 0 Å². The molecule has 19 heavy (non-hydrogen) atoms. The highest BCUT2D eigenvalue weighted by Gasteiger charge is 2.29. The number of sulfonamides is 1. The average molecular weight is 287 g/mol. The molecule has 0 saturated heterocycles. The number of rotatable bonds is 6. The van der Waals surface area contributed by atoms with Crippen LogP contribution in [0.5, 0.6) is 0 Å². The quantitative estimate of drug-likeness (QED) is 0.612. The summed E-state index contributed by atoms with van der Waals surface area (Å²) in [4.78, 5) is 10.1. The third-order valence-corrected chi connectivity index (χ3v) is 3.92. The van der Waals surface area contributed by atoms with Gasteiger partial charge in [0.05, 0.1) is 4.92 Å². The second kappa shape index (κ2) is 5.98. The zero-order valence-electron chi connectivity index (χ0n) is 11.0. The van der Waals surface area contributed by atoms with Gasteiger partial charge in [0.2, 0.25) is 10.0 Å². The molecule has 1 aromatic rings. The Morgan fingerprint density at radius 1 is 1.37 bits per heavy atom. The number of anilines is 1. The highest BCUT2D eigenvalue weighted by Crippen LogP contribution is 2.31. The van der Waals surface area contributed by atoms with Crippen LogP contribution in [0.1, 0.15) is 20.8 Å². The van der Waals surface area contributed by atoms with E-state index >= 15 is 0 Å². The number of benzene rings is 1. The lowest BCUT2D eigenvalue weighted by Gasteiger charge is -2.12. The van der Waals surface area contributed by atoms with E-state index in [4.69, 9.17) is 0 Å². The molecule has 0 bridgehead atoms. The fourth-order valence-electron chi connectivity index (χ4n) is 1.63. The molecule has 0 aliphatic heterocycles. The molecular weight excluding hydrogens is 270 g/mol. The molecule has 0 heterocycles. The minimum atomic E-state index is -3.91. The molecule has 0 aliphatic rings. The first kappa shape index (κ1) is 15.4. The number of nitrogens with one attached hydrogen (secondary N) is 2. The first-order valence-electron chi connectivity index (χ1n) is 5.83. The fourth-order valence-corrected chi connectivity index (χ4v) is 3.08. The van der Waals surface area contributed by atoms with Crippen LogP contribution in [0.4, 0.5) is 11.4 Å². The smallest absolute Gasteiger partial charge is 0.312 e. The Labute approximate surface area is 112 Å². The predicted molar refractivity (Wildman–Crippen MR) is 72.7 cm³/mol. The third kappa shape index (κ3) is 3.65. The molecule has 0 saturated carbocycles. The minimum absolute atomic E-state index is 0.194. The summed E-state index contributed by atoms with van der Waals surface area (Å²) in [5.41, 5.74) is -0.239. The number of hydrogen-bond acceptors (Lipinski definition) is 5. The summed E-state index contributed by atoms with van der Waals surface area (Å²) in [7, 11) is -3.91. The monoisotopic (exact) mass is 287 g/mol. The molecule has 1 aromatic carbocycles. The van der Waals surface area contributed by atoms with E-state index in [2.05, 4.69) is 10.0 Å². The predicted octanol–water partition coefficient (Wildman–Crippen LogP) is 1.71. The van der Waals surface area contributed by atoms with Crippen molar-refractivity contribution in [3.8, 4) is 0 Å². The van der Waals surface area contributed by atoms with Gasteiger partial charge in [-0.25, -0.2) is 13.1 Å². The number of hydrogen-bond donors (Lipinski definition) is 2. The summed E-state index contributed by atoms with van der Waals surface area (Å²) in [6.45, 7) is 5.54. The van der Waals surface area contributed by atoms with E-state index in [9.17, 15) is 18.5 Å². The van der Waals surface area contributed by atoms with Crippen LogP contribution in [0.2, 0.25) is 0 Å². The van der Waals surface area contributed by atoms with E-state index in [0.29, 0.717) is 6.54 Å². The van der Waals surface area contributed by atoms with Gasteiger partial charge in [-0.1, -0.05) is 6.07 Å². The van der Waals surface area contributed by atoms with Crippen molar-refractivity contribution in [2.24, 2.45) is 0 Å². The van der Waals surface area contributed by atoms with Crippen molar-refractivity contribution in [1.29, 1.82) is 0 Å². The summed E-state index contributed by atoms with van der Waals surface area (Å²) >= 11 is 0. The molecule has 1 rings (SSSR count). The van der Waals surface area contributed by atoms with E-state index < -0.39 is 20.6 Å². The van der Waals surface area contributed by atoms with Gasteiger partial charge >= 0.3 is 5.69 Å². The normalized spacial score (nSPS) is 11.6. The van der Waals surface area contributed by atoms with Gasteiger partial charge in [-0.05, 0) is 32.9 Å². The van der Waals surface area contributed by atoms with Gasteiger partial charge < -0.3 is 5.32 Å². The van der Waals surface area contributed by atoms with E-state index in [-0.39, 0.29) is 16.6 Å². The largest absolute Gasteiger partial charge is 0.380 e. The fraction of sp³-hybridized carbons (Fsp3) is 0.455. The summed E-state index contributed by atoms with van der Waals surface area (Å²) < 4.78 is 26.5. The van der Waals surface area contributed by atoms with E-state index in [0.717, 1.165) is 0 Å². The Hall–Kier alpha value is -1.67. The van der Waals surface area contributed by atoms with Gasteiger partial charge in [-0.15, -0.1) is 0 Å². The lowest BCUT2D eigenvalue weighted by atomic mass is 10.2. The molecule has 0 fully saturated rings. The van der Waals surface area contributed by atoms with Gasteiger partial charge in [0, 0.05) is 12.6 Å². The van der Waals surface area contributed by atoms with E-state index in [1.165, 1.54) is 18.2 Å². The second-order valence-corrected chi connectivity index (χ2v) is 5.90. The first-order chi connectivity index (χ1) is 8.79. The Morgan fingerprint density at radius 3 is 2.47 bits per heavy atom. The molecule has 8 heteroatoms. The van der Waals surface area contributed by atoms with Crippen LogP contribution in [0.3, 0.4) is 0 Å². The second-order valence-electron chi connectivity index (χ2n) is 4.22. The van der Waals surface area contributed by atoms with Crippen LogP contribution in [0, 0.1) is 10.1 Å². The lowest BCUT2D eigenvalue weighted by molar-refractivity contribution is -0.386. The van der Waals surface area contributed by atoms with Gasteiger partial charge in [-0.3, -0.25) is 10.1 Å². The van der Waals surface area contributed by atoms with Gasteiger partial charge in [0.15, 0.2) is 4.90 Å². The number of nitrogens with zero attached hydrogens (tertiary/aromatic N) is 1. The highest BCUT2D eigenvalue weighted by molar-refractivity contribution is 7.89. The molecular formula is C11H17N3O4S. The van der Waals surface area contributed by atoms with Crippen molar-refractivity contribution < 1.29 is 13.3 Å². The van der Waals surface area contributed by atoms with Crippen molar-refractivity contribution in [2.75, 3.05) is 11.9 Å². The number of nitro groups is 1. The van der Waals surface area contributed by atoms with Crippen LogP contribution >= 0.6 is 0 Å². The summed E-state index contributed by atoms with van der Waals surface area (Å²) in [5, 5.41) is 13.9. The molecule has 0 aromatic heterocycles. The molecule has 2 N–H and O–H groups in total. The maximum Gasteiger partial charge on any atom is 0.312 e. The molecule has 0 unspecified atom stereocenters. The van der Waals surface area contributed by atoms with E-state index in [1.807, 2.05) is 0 Å². The summed E-state index contributed by atoms with van der Waals surface area (Å²) in [6, 6.07) is 3.84. The first-order valence-corrected chi connectivity index (χ1v) is 7.31. The van der Waals surface area contributed by atoms with Crippen LogP contribution in [-0.4, -0.2) is 25.9 Å². The maximum atomic E-state index is 12.1. The van der Waals surface area contributed by atoms with Crippen LogP contribution < -0.4 is 10.0 Å². The SMILES string of the molecule is CCNc1cccc(S(=O)(=O)NC(C)C)c1[N+](=O)[O-]. The summed E-state index contributed by atoms with van der Waals surface area (Å²) in [5.74, 6) is 0. The molecule has 0 atom stereocenters. The summed E-state index contributed by atoms with van der Waals surface area (Å²) in [6.07, 6.45) is 0. The van der Waals surface area contributed by atoms with Gasteiger partial charge in [0.25, 0.3) is 0 Å². The van der Waals surface area contributed by atoms with Gasteiger partial charge in [0.1, 0.15) is 5.69 Å². The Bertz CT molecular complexity index is 569. The van der Waals surface area contributed by atoms with Crippen molar-refractivity contribution in [2.45, 2.75) is 31.7 Å². The molecule has 106 valence electrons. The Balaban J connectivity index is 3.43. The van der Waals surface area contributed by atoms with E-state index in [1.54, 1.807) is 20.8 Å². The van der Waals surface area contributed by atoms with Crippen molar-refractivity contribution >= 4 is 21.4 Å². The molecule has 0 spiro atoms. The molecule has 0 amide bonds. The van der Waals surface area contributed by atoms with Crippen LogP contribution in [-0.2, 0) is 10.0 Å². The van der Waals surface area contributed by atoms with Crippen molar-refractivity contribution in [3.63, 3.8) is 0 Å². The highest BCUT2D eigenvalue weighted by atomic mass is 32.2. The topological polar surface area (TPSA) is 101 Å².